The first-order valence-corrected chi connectivity index (χ1v) is 22.3. The van der Waals surface area contributed by atoms with Crippen molar-refractivity contribution in [2.45, 2.75) is 78.3 Å². The van der Waals surface area contributed by atoms with Crippen LogP contribution in [0.25, 0.3) is 0 Å². The van der Waals surface area contributed by atoms with E-state index < -0.39 is 35.4 Å². The topological polar surface area (TPSA) is 159 Å². The van der Waals surface area contributed by atoms with Gasteiger partial charge in [-0.25, -0.2) is 18.7 Å². The van der Waals surface area contributed by atoms with Gasteiger partial charge < -0.3 is 29.5 Å². The zero-order valence-electron chi connectivity index (χ0n) is 38.9. The largest absolute Gasteiger partial charge is 0.481 e. The second-order valence-electron chi connectivity index (χ2n) is 17.4. The number of aromatic nitrogens is 2. The Hall–Kier alpha value is -7.48. The summed E-state index contributed by atoms with van der Waals surface area (Å²) in [7, 11) is 3.07. The van der Waals surface area contributed by atoms with Crippen LogP contribution in [0.4, 0.5) is 8.78 Å². The van der Waals surface area contributed by atoms with Gasteiger partial charge in [-0.15, -0.1) is 0 Å². The molecular weight excluding hydrogens is 871 g/mol. The molecule has 4 heterocycles. The van der Waals surface area contributed by atoms with Gasteiger partial charge in [0.05, 0.1) is 38.2 Å². The lowest BCUT2D eigenvalue weighted by Crippen LogP contribution is -2.36. The third-order valence-corrected chi connectivity index (χ3v) is 12.7. The van der Waals surface area contributed by atoms with Crippen LogP contribution in [0.3, 0.4) is 0 Å². The Morgan fingerprint density at radius 2 is 0.971 bits per heavy atom. The summed E-state index contributed by atoms with van der Waals surface area (Å²) in [5.41, 5.74) is 11.0. The molecule has 0 saturated carbocycles. The van der Waals surface area contributed by atoms with Crippen molar-refractivity contribution in [3.63, 3.8) is 0 Å². The van der Waals surface area contributed by atoms with Gasteiger partial charge in [0.25, 0.3) is 11.8 Å². The lowest BCUT2D eigenvalue weighted by atomic mass is 9.84. The highest BCUT2D eigenvalue weighted by atomic mass is 19.1. The van der Waals surface area contributed by atoms with Crippen molar-refractivity contribution in [2.24, 2.45) is 0 Å². The van der Waals surface area contributed by atoms with Crippen LogP contribution in [0, 0.1) is 39.3 Å². The van der Waals surface area contributed by atoms with Gasteiger partial charge in [0.1, 0.15) is 11.6 Å². The second kappa shape index (κ2) is 21.0. The van der Waals surface area contributed by atoms with E-state index in [1.54, 1.807) is 58.6 Å². The molecule has 8 rings (SSSR count). The predicted octanol–water partition coefficient (Wildman–Crippen LogP) is 9.30. The highest BCUT2D eigenvalue weighted by Gasteiger charge is 2.29. The maximum atomic E-state index is 14.3. The number of rotatable bonds is 12. The van der Waals surface area contributed by atoms with Crippen molar-refractivity contribution >= 4 is 23.8 Å². The van der Waals surface area contributed by atoms with E-state index in [0.29, 0.717) is 50.8 Å². The number of ether oxygens (including phenoxy) is 2. The molecule has 68 heavy (non-hydrogen) atoms. The lowest BCUT2D eigenvalue weighted by molar-refractivity contribution is -0.138. The molecule has 2 aliphatic heterocycles. The van der Waals surface area contributed by atoms with E-state index in [9.17, 15) is 38.2 Å². The third-order valence-electron chi connectivity index (χ3n) is 12.7. The molecule has 0 radical (unpaired) electrons. The van der Waals surface area contributed by atoms with Gasteiger partial charge in [0.2, 0.25) is 11.8 Å². The molecule has 0 bridgehead atoms. The number of carbonyl (C=O) groups is 4. The molecule has 2 atom stereocenters. The molecule has 2 amide bonds. The molecule has 0 unspecified atom stereocenters. The van der Waals surface area contributed by atoms with E-state index in [4.69, 9.17) is 9.47 Å². The summed E-state index contributed by atoms with van der Waals surface area (Å²) in [5, 5.41) is 19.2. The van der Waals surface area contributed by atoms with Gasteiger partial charge in [-0.3, -0.25) is 19.2 Å². The summed E-state index contributed by atoms with van der Waals surface area (Å²) in [6.45, 7) is 9.15. The number of aryl methyl sites for hydroxylation is 4. The Bertz CT molecular complexity index is 2710. The molecule has 2 aliphatic rings. The number of fused-ring (bicyclic) bond motifs is 2. The van der Waals surface area contributed by atoms with Crippen molar-refractivity contribution in [1.82, 2.24) is 19.8 Å². The van der Waals surface area contributed by atoms with Gasteiger partial charge in [-0.2, -0.15) is 0 Å². The number of hydrogen-bond donors (Lipinski definition) is 2. The number of halogens is 2. The SMILES string of the molecule is COc1cc(C)c([C@@H](CC(=O)O)c2ccc3c(c2)CN(C(=O)c2cc(C)ccc2F)CC3)cn1.COc1cc(C)c([C@H](CC(=O)O)c2ccc3c(c2)CN(C(=O)c2cc(C)ccc2F)CC3)cn1. The van der Waals surface area contributed by atoms with Crippen LogP contribution in [0.1, 0.15) is 112 Å². The van der Waals surface area contributed by atoms with Crippen molar-refractivity contribution in [3.05, 3.63) is 187 Å². The number of carbonyl (C=O) groups excluding carboxylic acids is 2. The van der Waals surface area contributed by atoms with Gasteiger partial charge >= 0.3 is 11.9 Å². The summed E-state index contributed by atoms with van der Waals surface area (Å²) < 4.78 is 39.0. The van der Waals surface area contributed by atoms with E-state index >= 15 is 0 Å². The van der Waals surface area contributed by atoms with Gasteiger partial charge in [-0.05, 0) is 120 Å². The first-order valence-electron chi connectivity index (χ1n) is 22.3. The van der Waals surface area contributed by atoms with Gasteiger partial charge in [0.15, 0.2) is 0 Å². The number of carboxylic acid groups (broad SMARTS) is 2. The Kier molecular flexibility index (Phi) is 15.0. The first kappa shape index (κ1) is 48.5. The standard InChI is InChI=1S/2C27H27FN2O4/c2*1-16-4-7-24(28)22(10-16)27(33)30-9-8-18-5-6-19(12-20(18)15-30)21(13-26(31)32)23-14-29-25(34-3)11-17(23)2/h2*4-7,10-12,14,21H,8-9,13,15H2,1-3H3,(H,31,32)/t2*21-/m10/s1. The molecule has 6 aromatic rings. The molecule has 14 heteroatoms. The minimum atomic E-state index is -0.912. The molecule has 4 aromatic carbocycles. The maximum absolute atomic E-state index is 14.3. The number of pyridine rings is 2. The van der Waals surface area contributed by atoms with Crippen molar-refractivity contribution < 1.29 is 47.6 Å². The maximum Gasteiger partial charge on any atom is 0.304 e. The minimum Gasteiger partial charge on any atom is -0.481 e. The second-order valence-corrected chi connectivity index (χ2v) is 17.4. The average molecular weight is 925 g/mol. The van der Waals surface area contributed by atoms with Crippen LogP contribution in [-0.2, 0) is 35.5 Å². The molecule has 352 valence electrons. The number of hydrogen-bond acceptors (Lipinski definition) is 8. The van der Waals surface area contributed by atoms with Crippen molar-refractivity contribution in [2.75, 3.05) is 27.3 Å². The average Bonchev–Trinajstić information content (AvgIpc) is 3.33. The highest BCUT2D eigenvalue weighted by molar-refractivity contribution is 5.95. The fraction of sp³-hybridized carbons (Fsp3) is 0.296. The Morgan fingerprint density at radius 3 is 1.32 bits per heavy atom. The molecule has 2 N–H and O–H groups in total. The predicted molar refractivity (Wildman–Crippen MR) is 251 cm³/mol. The van der Waals surface area contributed by atoms with Gasteiger partial charge in [0, 0.05) is 62.5 Å². The van der Waals surface area contributed by atoms with Gasteiger partial charge in [-0.1, -0.05) is 59.7 Å². The highest BCUT2D eigenvalue weighted by Crippen LogP contribution is 2.36. The monoisotopic (exact) mass is 924 g/mol. The zero-order valence-corrected chi connectivity index (χ0v) is 38.9. The Labute approximate surface area is 394 Å². The van der Waals surface area contributed by atoms with Crippen LogP contribution in [0.15, 0.2) is 97.3 Å². The summed E-state index contributed by atoms with van der Waals surface area (Å²) in [6.07, 6.45) is 4.45. The van der Waals surface area contributed by atoms with Crippen molar-refractivity contribution in [3.8, 4) is 11.8 Å². The summed E-state index contributed by atoms with van der Waals surface area (Å²) in [4.78, 5) is 61.4. The smallest absolute Gasteiger partial charge is 0.304 e. The molecule has 0 fully saturated rings. The first-order chi connectivity index (χ1) is 32.5. The Morgan fingerprint density at radius 1 is 0.574 bits per heavy atom. The van der Waals surface area contributed by atoms with Crippen LogP contribution >= 0.6 is 0 Å². The zero-order chi connectivity index (χ0) is 48.8. The van der Waals surface area contributed by atoms with Crippen LogP contribution in [0.5, 0.6) is 11.8 Å². The molecule has 12 nitrogen and oxygen atoms in total. The third kappa shape index (κ3) is 11.0. The lowest BCUT2D eigenvalue weighted by Gasteiger charge is -2.30. The molecule has 0 saturated heterocycles. The molecule has 0 aliphatic carbocycles. The van der Waals surface area contributed by atoms with E-state index in [0.717, 1.165) is 66.8 Å². The van der Waals surface area contributed by atoms with Crippen molar-refractivity contribution in [1.29, 1.82) is 0 Å². The normalized spacial score (nSPS) is 13.8. The fourth-order valence-electron chi connectivity index (χ4n) is 9.08. The number of carboxylic acids is 2. The van der Waals surface area contributed by atoms with Crippen LogP contribution in [0.2, 0.25) is 0 Å². The molecule has 2 aromatic heterocycles. The molecular formula is C54H54F2N4O8. The summed E-state index contributed by atoms with van der Waals surface area (Å²) in [6, 6.07) is 24.5. The Balaban J connectivity index is 0.000000201. The number of benzene rings is 4. The summed E-state index contributed by atoms with van der Waals surface area (Å²) in [5.74, 6) is -3.42. The van der Waals surface area contributed by atoms with Crippen LogP contribution < -0.4 is 9.47 Å². The number of amides is 2. The number of nitrogens with zero attached hydrogens (tertiary/aromatic N) is 4. The number of aliphatic carboxylic acids is 2. The quantitative estimate of drug-likeness (QED) is 0.121. The van der Waals surface area contributed by atoms with Crippen LogP contribution in [-0.4, -0.2) is 81.0 Å². The number of methoxy groups -OCH3 is 2. The van der Waals surface area contributed by atoms with E-state index in [1.165, 1.54) is 26.4 Å². The van der Waals surface area contributed by atoms with E-state index in [1.807, 2.05) is 64.1 Å². The minimum absolute atomic E-state index is 0.0725. The molecule has 0 spiro atoms. The van der Waals surface area contributed by atoms with E-state index in [-0.39, 0.29) is 35.8 Å². The van der Waals surface area contributed by atoms with E-state index in [2.05, 4.69) is 9.97 Å². The fourth-order valence-corrected chi connectivity index (χ4v) is 9.08. The summed E-state index contributed by atoms with van der Waals surface area (Å²) >= 11 is 0.